The van der Waals surface area contributed by atoms with Gasteiger partial charge in [-0.05, 0) is 54.6 Å². The quantitative estimate of drug-likeness (QED) is 0.196. The van der Waals surface area contributed by atoms with Gasteiger partial charge in [-0.15, -0.1) is 11.3 Å². The van der Waals surface area contributed by atoms with Crippen LogP contribution in [0.1, 0.15) is 0 Å². The Bertz CT molecular complexity index is 3050. The molecule has 0 atom stereocenters. The zero-order valence-electron chi connectivity index (χ0n) is 24.2. The predicted molar refractivity (Wildman–Crippen MR) is 189 cm³/mol. The highest BCUT2D eigenvalue weighted by Gasteiger charge is 2.23. The van der Waals surface area contributed by atoms with Gasteiger partial charge in [0.2, 0.25) is 11.7 Å². The second-order valence-electron chi connectivity index (χ2n) is 11.7. The standard InChI is InChI=1S/C40H21N3O2S/c1-5-13-28-24(10-1)35-29(18-20-34-36(35)26-12-4-8-16-33(26)46-34)43(28)40-41-38(37-25-11-3-7-15-31(25)45-39(37)42-40)22-17-19-32-27(21-22)23-9-2-6-14-30(23)44-32/h1-21H. The van der Waals surface area contributed by atoms with Gasteiger partial charge < -0.3 is 8.83 Å². The molecular formula is C40H21N3O2S. The molecule has 0 aliphatic heterocycles. The number of benzene rings is 6. The summed E-state index contributed by atoms with van der Waals surface area (Å²) in [6.07, 6.45) is 0. The van der Waals surface area contributed by atoms with Crippen LogP contribution in [0.2, 0.25) is 0 Å². The van der Waals surface area contributed by atoms with Crippen molar-refractivity contribution in [3.63, 3.8) is 0 Å². The van der Waals surface area contributed by atoms with Crippen LogP contribution in [0.15, 0.2) is 136 Å². The maximum Gasteiger partial charge on any atom is 0.238 e. The number of fused-ring (bicyclic) bond motifs is 13. The third-order valence-electron chi connectivity index (χ3n) is 9.25. The van der Waals surface area contributed by atoms with E-state index in [1.165, 1.54) is 30.9 Å². The molecule has 6 heteroatoms. The Morgan fingerprint density at radius 3 is 2.09 bits per heavy atom. The smallest absolute Gasteiger partial charge is 0.238 e. The Morgan fingerprint density at radius 2 is 1.20 bits per heavy atom. The van der Waals surface area contributed by atoms with Gasteiger partial charge >= 0.3 is 0 Å². The summed E-state index contributed by atoms with van der Waals surface area (Å²) in [6.45, 7) is 0. The average Bonchev–Trinajstić information content (AvgIpc) is 3.85. The van der Waals surface area contributed by atoms with Gasteiger partial charge in [-0.1, -0.05) is 72.8 Å². The molecule has 5 heterocycles. The van der Waals surface area contributed by atoms with Crippen molar-refractivity contribution >= 4 is 97.3 Å². The summed E-state index contributed by atoms with van der Waals surface area (Å²) in [7, 11) is 0. The average molecular weight is 608 g/mol. The highest BCUT2D eigenvalue weighted by atomic mass is 32.1. The van der Waals surface area contributed by atoms with Crippen molar-refractivity contribution in [1.29, 1.82) is 0 Å². The fourth-order valence-corrected chi connectivity index (χ4v) is 8.40. The minimum Gasteiger partial charge on any atom is -0.456 e. The second kappa shape index (κ2) is 8.81. The molecule has 0 saturated heterocycles. The normalized spacial score (nSPS) is 12.3. The van der Waals surface area contributed by atoms with Crippen LogP contribution in [-0.4, -0.2) is 14.5 Å². The first kappa shape index (κ1) is 24.4. The van der Waals surface area contributed by atoms with E-state index in [-0.39, 0.29) is 0 Å². The van der Waals surface area contributed by atoms with Crippen LogP contribution in [0.25, 0.3) is 103 Å². The Balaban J connectivity index is 1.28. The van der Waals surface area contributed by atoms with Crippen molar-refractivity contribution in [2.45, 2.75) is 0 Å². The van der Waals surface area contributed by atoms with Gasteiger partial charge in [0.15, 0.2) is 0 Å². The zero-order valence-corrected chi connectivity index (χ0v) is 25.0. The van der Waals surface area contributed by atoms with Crippen molar-refractivity contribution in [1.82, 2.24) is 14.5 Å². The van der Waals surface area contributed by atoms with E-state index in [1.807, 2.05) is 53.8 Å². The molecule has 11 aromatic rings. The van der Waals surface area contributed by atoms with Crippen LogP contribution in [0.4, 0.5) is 0 Å². The molecule has 0 aliphatic carbocycles. The minimum absolute atomic E-state index is 0.561. The first-order chi connectivity index (χ1) is 22.8. The molecule has 214 valence electrons. The number of nitrogens with zero attached hydrogens (tertiary/aromatic N) is 3. The molecule has 5 nitrogen and oxygen atoms in total. The maximum atomic E-state index is 6.45. The van der Waals surface area contributed by atoms with Crippen LogP contribution >= 0.6 is 11.3 Å². The van der Waals surface area contributed by atoms with Gasteiger partial charge in [-0.3, -0.25) is 4.57 Å². The lowest BCUT2D eigenvalue weighted by Gasteiger charge is -2.10. The van der Waals surface area contributed by atoms with Crippen LogP contribution in [0.5, 0.6) is 0 Å². The number of furan rings is 2. The van der Waals surface area contributed by atoms with E-state index in [0.29, 0.717) is 11.7 Å². The van der Waals surface area contributed by atoms with Gasteiger partial charge in [0.1, 0.15) is 16.7 Å². The monoisotopic (exact) mass is 607 g/mol. The lowest BCUT2D eigenvalue weighted by atomic mass is 10.0. The molecule has 0 saturated carbocycles. The molecule has 0 unspecified atom stereocenters. The van der Waals surface area contributed by atoms with Gasteiger partial charge in [0.05, 0.1) is 22.1 Å². The fourth-order valence-electron chi connectivity index (χ4n) is 7.28. The molecule has 46 heavy (non-hydrogen) atoms. The Morgan fingerprint density at radius 1 is 0.478 bits per heavy atom. The van der Waals surface area contributed by atoms with E-state index in [1.54, 1.807) is 0 Å². The van der Waals surface area contributed by atoms with E-state index < -0.39 is 0 Å². The number of aromatic nitrogens is 3. The Labute approximate surface area is 264 Å². The number of para-hydroxylation sites is 3. The minimum atomic E-state index is 0.561. The van der Waals surface area contributed by atoms with Crippen LogP contribution in [0.3, 0.4) is 0 Å². The molecule has 0 bridgehead atoms. The molecule has 0 amide bonds. The van der Waals surface area contributed by atoms with Crippen molar-refractivity contribution in [3.8, 4) is 17.2 Å². The fraction of sp³-hybridized carbons (Fsp3) is 0. The van der Waals surface area contributed by atoms with E-state index >= 15 is 0 Å². The van der Waals surface area contributed by atoms with Gasteiger partial charge in [-0.25, -0.2) is 4.98 Å². The highest BCUT2D eigenvalue weighted by molar-refractivity contribution is 7.26. The summed E-state index contributed by atoms with van der Waals surface area (Å²) >= 11 is 1.83. The lowest BCUT2D eigenvalue weighted by Crippen LogP contribution is -2.02. The molecule has 5 aromatic heterocycles. The maximum absolute atomic E-state index is 6.45. The summed E-state index contributed by atoms with van der Waals surface area (Å²) < 4.78 is 17.4. The van der Waals surface area contributed by atoms with Crippen molar-refractivity contribution in [3.05, 3.63) is 127 Å². The van der Waals surface area contributed by atoms with Gasteiger partial charge in [-0.2, -0.15) is 4.98 Å². The molecule has 0 radical (unpaired) electrons. The lowest BCUT2D eigenvalue weighted by molar-refractivity contribution is 0.651. The third-order valence-corrected chi connectivity index (χ3v) is 10.4. The van der Waals surface area contributed by atoms with Crippen molar-refractivity contribution in [2.75, 3.05) is 0 Å². The molecule has 6 aromatic carbocycles. The van der Waals surface area contributed by atoms with Crippen LogP contribution < -0.4 is 0 Å². The molecule has 0 spiro atoms. The zero-order chi connectivity index (χ0) is 29.9. The third kappa shape index (κ3) is 3.18. The van der Waals surface area contributed by atoms with E-state index in [0.717, 1.165) is 60.6 Å². The first-order valence-electron chi connectivity index (χ1n) is 15.2. The van der Waals surface area contributed by atoms with E-state index in [2.05, 4.69) is 89.5 Å². The summed E-state index contributed by atoms with van der Waals surface area (Å²) in [5, 5.41) is 8.96. The molecule has 0 aliphatic rings. The topological polar surface area (TPSA) is 57.0 Å². The van der Waals surface area contributed by atoms with Crippen LogP contribution in [0, 0.1) is 0 Å². The number of hydrogen-bond donors (Lipinski definition) is 0. The van der Waals surface area contributed by atoms with Gasteiger partial charge in [0.25, 0.3) is 0 Å². The van der Waals surface area contributed by atoms with E-state index in [9.17, 15) is 0 Å². The summed E-state index contributed by atoms with van der Waals surface area (Å²) in [5.74, 6) is 0.573. The highest BCUT2D eigenvalue weighted by Crippen LogP contribution is 2.44. The van der Waals surface area contributed by atoms with Crippen LogP contribution in [-0.2, 0) is 0 Å². The molecule has 0 N–H and O–H groups in total. The predicted octanol–water partition coefficient (Wildman–Crippen LogP) is 11.4. The second-order valence-corrected chi connectivity index (χ2v) is 12.8. The number of hydrogen-bond acceptors (Lipinski definition) is 5. The molecular weight excluding hydrogens is 587 g/mol. The molecule has 11 rings (SSSR count). The summed E-state index contributed by atoms with van der Waals surface area (Å²) in [5.41, 5.74) is 6.99. The Kier molecular flexibility index (Phi) is 4.66. The van der Waals surface area contributed by atoms with Crippen molar-refractivity contribution in [2.24, 2.45) is 0 Å². The Hall–Kier alpha value is -5.98. The van der Waals surface area contributed by atoms with Crippen molar-refractivity contribution < 1.29 is 8.83 Å². The molecule has 0 fully saturated rings. The summed E-state index contributed by atoms with van der Waals surface area (Å²) in [4.78, 5) is 10.5. The number of rotatable bonds is 2. The van der Waals surface area contributed by atoms with E-state index in [4.69, 9.17) is 18.8 Å². The largest absolute Gasteiger partial charge is 0.456 e. The SMILES string of the molecule is c1ccc2c(c1)oc1ccc(-c3nc(-n4c5ccccc5c5c6c(ccc54)sc4ccccc46)nc4oc5ccccc5c34)cc12. The summed E-state index contributed by atoms with van der Waals surface area (Å²) in [6, 6.07) is 44.2. The number of thiophene rings is 1. The first-order valence-corrected chi connectivity index (χ1v) is 16.1. The van der Waals surface area contributed by atoms with Gasteiger partial charge in [0, 0.05) is 52.7 Å².